The molecule has 1 aromatic heterocycles. The van der Waals surface area contributed by atoms with Crippen LogP contribution in [0, 0.1) is 0 Å². The molecule has 0 saturated carbocycles. The summed E-state index contributed by atoms with van der Waals surface area (Å²) in [6.45, 7) is 1.14. The molecular weight excluding hydrogens is 349 g/mol. The largest absolute Gasteiger partial charge is 0.469 e. The molecule has 0 amide bonds. The zero-order chi connectivity index (χ0) is 18.4. The zero-order valence-electron chi connectivity index (χ0n) is 14.9. The summed E-state index contributed by atoms with van der Waals surface area (Å²) in [4.78, 5) is 17.2. The Kier molecular flexibility index (Phi) is 6.49. The minimum absolute atomic E-state index is 0.131. The van der Waals surface area contributed by atoms with Crippen molar-refractivity contribution >= 4 is 29.6 Å². The average molecular weight is 375 g/mol. The number of aryl methyl sites for hydroxylation is 1. The highest BCUT2D eigenvalue weighted by Gasteiger charge is 2.12. The maximum absolute atomic E-state index is 10.6. The molecule has 140 valence electrons. The Morgan fingerprint density at radius 1 is 0.769 bits per heavy atom. The third kappa shape index (κ3) is 4.95. The van der Waals surface area contributed by atoms with Gasteiger partial charge in [-0.25, -0.2) is 4.57 Å². The van der Waals surface area contributed by atoms with Gasteiger partial charge in [0.25, 0.3) is 0 Å². The van der Waals surface area contributed by atoms with Crippen LogP contribution in [0.1, 0.15) is 38.5 Å². The topological polar surface area (TPSA) is 71.7 Å². The quantitative estimate of drug-likeness (QED) is 0.375. The number of phosphoric ester groups is 1. The van der Waals surface area contributed by atoms with E-state index in [0.717, 1.165) is 38.6 Å². The first-order chi connectivity index (χ1) is 12.6. The molecule has 0 unspecified atom stereocenters. The number of nitrogens with zero attached hydrogens (tertiary/aromatic N) is 1. The molecule has 0 fully saturated rings. The van der Waals surface area contributed by atoms with Crippen LogP contribution in [0.15, 0.2) is 48.5 Å². The van der Waals surface area contributed by atoms with Gasteiger partial charge in [-0.15, -0.1) is 0 Å². The number of para-hydroxylation sites is 2. The van der Waals surface area contributed by atoms with Crippen LogP contribution < -0.4 is 0 Å². The van der Waals surface area contributed by atoms with Crippen molar-refractivity contribution in [2.45, 2.75) is 45.1 Å². The van der Waals surface area contributed by atoms with Crippen LogP contribution in [0.5, 0.6) is 0 Å². The summed E-state index contributed by atoms with van der Waals surface area (Å²) in [5, 5.41) is 2.63. The van der Waals surface area contributed by atoms with Gasteiger partial charge in [-0.05, 0) is 25.0 Å². The molecule has 0 radical (unpaired) electrons. The van der Waals surface area contributed by atoms with E-state index in [1.54, 1.807) is 0 Å². The predicted octanol–water partition coefficient (Wildman–Crippen LogP) is 5.24. The molecule has 5 nitrogen and oxygen atoms in total. The lowest BCUT2D eigenvalue weighted by Crippen LogP contribution is -1.97. The first kappa shape index (κ1) is 19.1. The number of phosphoric acid groups is 1. The van der Waals surface area contributed by atoms with E-state index < -0.39 is 7.82 Å². The van der Waals surface area contributed by atoms with E-state index in [1.165, 1.54) is 21.8 Å². The fraction of sp³-hybridized carbons (Fsp3) is 0.400. The van der Waals surface area contributed by atoms with Crippen LogP contribution in [-0.4, -0.2) is 21.0 Å². The van der Waals surface area contributed by atoms with Gasteiger partial charge in [0, 0.05) is 28.4 Å². The summed E-state index contributed by atoms with van der Waals surface area (Å²) in [6, 6.07) is 17.1. The number of benzene rings is 2. The van der Waals surface area contributed by atoms with Gasteiger partial charge in [-0.3, -0.25) is 4.52 Å². The third-order valence-corrected chi connectivity index (χ3v) is 5.23. The Balaban J connectivity index is 1.46. The van der Waals surface area contributed by atoms with E-state index in [1.807, 2.05) is 0 Å². The Morgan fingerprint density at radius 3 is 1.85 bits per heavy atom. The molecule has 0 aliphatic heterocycles. The van der Waals surface area contributed by atoms with Crippen molar-refractivity contribution < 1.29 is 18.9 Å². The second kappa shape index (κ2) is 8.83. The molecule has 3 rings (SSSR count). The molecule has 0 spiro atoms. The van der Waals surface area contributed by atoms with Gasteiger partial charge in [-0.2, -0.15) is 0 Å². The second-order valence-electron chi connectivity index (χ2n) is 6.63. The van der Waals surface area contributed by atoms with Crippen molar-refractivity contribution in [2.24, 2.45) is 0 Å². The molecule has 0 atom stereocenters. The summed E-state index contributed by atoms with van der Waals surface area (Å²) in [5.74, 6) is 0. The van der Waals surface area contributed by atoms with Crippen LogP contribution in [-0.2, 0) is 15.6 Å². The molecule has 6 heteroatoms. The SMILES string of the molecule is O=P(O)(O)OCCCCCCCCn1c2ccccc2c2ccccc21. The van der Waals surface area contributed by atoms with Crippen molar-refractivity contribution in [3.8, 4) is 0 Å². The first-order valence-electron chi connectivity index (χ1n) is 9.22. The van der Waals surface area contributed by atoms with E-state index in [9.17, 15) is 4.57 Å². The van der Waals surface area contributed by atoms with E-state index in [2.05, 4.69) is 57.6 Å². The highest BCUT2D eigenvalue weighted by Crippen LogP contribution is 2.35. The smallest absolute Gasteiger partial charge is 0.340 e. The molecule has 0 aliphatic carbocycles. The summed E-state index contributed by atoms with van der Waals surface area (Å²) in [5.41, 5.74) is 2.59. The van der Waals surface area contributed by atoms with Gasteiger partial charge < -0.3 is 14.4 Å². The van der Waals surface area contributed by atoms with Crippen LogP contribution in [0.4, 0.5) is 0 Å². The van der Waals surface area contributed by atoms with E-state index in [0.29, 0.717) is 6.42 Å². The van der Waals surface area contributed by atoms with E-state index in [-0.39, 0.29) is 6.61 Å². The predicted molar refractivity (Wildman–Crippen MR) is 105 cm³/mol. The number of hydrogen-bond donors (Lipinski definition) is 2. The highest BCUT2D eigenvalue weighted by atomic mass is 31.2. The number of fused-ring (bicyclic) bond motifs is 3. The fourth-order valence-corrected chi connectivity index (χ4v) is 3.87. The standard InChI is InChI=1S/C20H26NO4P/c22-26(23,24)25-16-10-4-2-1-3-9-15-21-19-13-7-5-11-17(19)18-12-6-8-14-20(18)21/h5-8,11-14H,1-4,9-10,15-16H2,(H2,22,23,24). The van der Waals surface area contributed by atoms with Crippen molar-refractivity contribution in [3.05, 3.63) is 48.5 Å². The minimum atomic E-state index is -4.30. The maximum atomic E-state index is 10.6. The van der Waals surface area contributed by atoms with Gasteiger partial charge in [0.2, 0.25) is 0 Å². The molecule has 0 saturated heterocycles. The van der Waals surface area contributed by atoms with Crippen LogP contribution in [0.25, 0.3) is 21.8 Å². The molecule has 0 aliphatic rings. The summed E-state index contributed by atoms with van der Waals surface area (Å²) < 4.78 is 17.4. The lowest BCUT2D eigenvalue weighted by molar-refractivity contribution is 0.193. The average Bonchev–Trinajstić information content (AvgIpc) is 2.94. The number of rotatable bonds is 10. The molecule has 3 aromatic rings. The van der Waals surface area contributed by atoms with Crippen molar-refractivity contribution in [3.63, 3.8) is 0 Å². The molecule has 2 aromatic carbocycles. The lowest BCUT2D eigenvalue weighted by Gasteiger charge is -2.08. The summed E-state index contributed by atoms with van der Waals surface area (Å²) in [6.07, 6.45) is 6.11. The van der Waals surface area contributed by atoms with E-state index >= 15 is 0 Å². The van der Waals surface area contributed by atoms with Gasteiger partial charge in [-0.1, -0.05) is 62.1 Å². The molecule has 2 N–H and O–H groups in total. The van der Waals surface area contributed by atoms with Gasteiger partial charge >= 0.3 is 7.82 Å². The summed E-state index contributed by atoms with van der Waals surface area (Å²) in [7, 11) is -4.30. The molecule has 26 heavy (non-hydrogen) atoms. The number of unbranched alkanes of at least 4 members (excludes halogenated alkanes) is 5. The third-order valence-electron chi connectivity index (χ3n) is 4.72. The number of hydrogen-bond acceptors (Lipinski definition) is 2. The Bertz CT molecular complexity index is 846. The van der Waals surface area contributed by atoms with E-state index in [4.69, 9.17) is 9.79 Å². The van der Waals surface area contributed by atoms with Crippen LogP contribution in [0.2, 0.25) is 0 Å². The monoisotopic (exact) mass is 375 g/mol. The zero-order valence-corrected chi connectivity index (χ0v) is 15.8. The maximum Gasteiger partial charge on any atom is 0.469 e. The van der Waals surface area contributed by atoms with Gasteiger partial charge in [0.05, 0.1) is 6.61 Å². The van der Waals surface area contributed by atoms with Crippen LogP contribution in [0.3, 0.4) is 0 Å². The van der Waals surface area contributed by atoms with Crippen molar-refractivity contribution in [1.82, 2.24) is 4.57 Å². The van der Waals surface area contributed by atoms with Gasteiger partial charge in [0.1, 0.15) is 0 Å². The Hall–Kier alpha value is -1.65. The van der Waals surface area contributed by atoms with Gasteiger partial charge in [0.15, 0.2) is 0 Å². The Labute approximate surface area is 153 Å². The van der Waals surface area contributed by atoms with Crippen molar-refractivity contribution in [1.29, 1.82) is 0 Å². The number of aromatic nitrogens is 1. The lowest BCUT2D eigenvalue weighted by atomic mass is 10.1. The highest BCUT2D eigenvalue weighted by molar-refractivity contribution is 7.46. The minimum Gasteiger partial charge on any atom is -0.340 e. The first-order valence-corrected chi connectivity index (χ1v) is 10.8. The molecular formula is C20H26NO4P. The summed E-state index contributed by atoms with van der Waals surface area (Å²) >= 11 is 0. The van der Waals surface area contributed by atoms with Crippen LogP contribution >= 0.6 is 7.82 Å². The fourth-order valence-electron chi connectivity index (χ4n) is 3.51. The molecule has 1 heterocycles. The van der Waals surface area contributed by atoms with Crippen molar-refractivity contribution in [2.75, 3.05) is 6.61 Å². The normalized spacial score (nSPS) is 12.2. The Morgan fingerprint density at radius 2 is 1.27 bits per heavy atom. The second-order valence-corrected chi connectivity index (χ2v) is 7.87. The molecule has 0 bridgehead atoms.